The first-order valence-electron chi connectivity index (χ1n) is 5.35. The molecule has 1 rings (SSSR count). The molecule has 0 aromatic carbocycles. The molecule has 5 nitrogen and oxygen atoms in total. The SMILES string of the molecule is COC(O)c1ccc(OCCOC(F)(F)F)c(C)n1. The lowest BCUT2D eigenvalue weighted by Crippen LogP contribution is -2.18. The molecule has 0 amide bonds. The van der Waals surface area contributed by atoms with Gasteiger partial charge in [0.25, 0.3) is 0 Å². The van der Waals surface area contributed by atoms with E-state index in [0.717, 1.165) is 0 Å². The van der Waals surface area contributed by atoms with E-state index < -0.39 is 19.3 Å². The number of ether oxygens (including phenoxy) is 3. The summed E-state index contributed by atoms with van der Waals surface area (Å²) in [5.41, 5.74) is 0.722. The maximum Gasteiger partial charge on any atom is 0.522 e. The summed E-state index contributed by atoms with van der Waals surface area (Å²) in [6, 6.07) is 2.95. The maximum atomic E-state index is 11.7. The highest BCUT2D eigenvalue weighted by Gasteiger charge is 2.28. The Morgan fingerprint density at radius 1 is 1.32 bits per heavy atom. The van der Waals surface area contributed by atoms with Crippen molar-refractivity contribution in [2.24, 2.45) is 0 Å². The lowest BCUT2D eigenvalue weighted by molar-refractivity contribution is -0.325. The largest absolute Gasteiger partial charge is 0.522 e. The first-order valence-corrected chi connectivity index (χ1v) is 5.35. The molecular formula is C11H14F3NO4. The Morgan fingerprint density at radius 3 is 2.53 bits per heavy atom. The number of aromatic nitrogens is 1. The minimum Gasteiger partial charge on any atom is -0.489 e. The first-order chi connectivity index (χ1) is 8.83. The molecule has 0 fully saturated rings. The van der Waals surface area contributed by atoms with Crippen LogP contribution >= 0.6 is 0 Å². The van der Waals surface area contributed by atoms with E-state index >= 15 is 0 Å². The van der Waals surface area contributed by atoms with Gasteiger partial charge < -0.3 is 14.6 Å². The van der Waals surface area contributed by atoms with Crippen molar-refractivity contribution in [1.82, 2.24) is 4.98 Å². The van der Waals surface area contributed by atoms with Gasteiger partial charge in [0.05, 0.1) is 18.0 Å². The summed E-state index contributed by atoms with van der Waals surface area (Å²) in [6.07, 6.45) is -5.82. The van der Waals surface area contributed by atoms with E-state index in [-0.39, 0.29) is 6.61 Å². The summed E-state index contributed by atoms with van der Waals surface area (Å²) in [5.74, 6) is 0.317. The zero-order chi connectivity index (χ0) is 14.5. The van der Waals surface area contributed by atoms with Crippen LogP contribution in [-0.2, 0) is 9.47 Å². The minimum atomic E-state index is -4.66. The van der Waals surface area contributed by atoms with Gasteiger partial charge in [0.2, 0.25) is 0 Å². The number of pyridine rings is 1. The number of alkyl halides is 3. The summed E-state index contributed by atoms with van der Waals surface area (Å²) in [5, 5.41) is 9.38. The number of hydrogen-bond acceptors (Lipinski definition) is 5. The number of aryl methyl sites for hydroxylation is 1. The van der Waals surface area contributed by atoms with Gasteiger partial charge in [-0.2, -0.15) is 0 Å². The fourth-order valence-corrected chi connectivity index (χ4v) is 1.29. The molecule has 1 unspecified atom stereocenters. The second-order valence-corrected chi connectivity index (χ2v) is 3.55. The molecule has 0 aliphatic carbocycles. The normalized spacial score (nSPS) is 13.4. The van der Waals surface area contributed by atoms with Crippen LogP contribution in [0.4, 0.5) is 13.2 Å². The second-order valence-electron chi connectivity index (χ2n) is 3.55. The first kappa shape index (κ1) is 15.7. The summed E-state index contributed by atoms with van der Waals surface area (Å²) in [7, 11) is 1.32. The number of rotatable bonds is 6. The summed E-state index contributed by atoms with van der Waals surface area (Å²) < 4.78 is 48.5. The van der Waals surface area contributed by atoms with Crippen molar-refractivity contribution in [3.63, 3.8) is 0 Å². The maximum absolute atomic E-state index is 11.7. The van der Waals surface area contributed by atoms with Crippen LogP contribution in [0.15, 0.2) is 12.1 Å². The highest BCUT2D eigenvalue weighted by atomic mass is 19.4. The Bertz CT molecular complexity index is 411. The third-order valence-electron chi connectivity index (χ3n) is 2.14. The van der Waals surface area contributed by atoms with Crippen LogP contribution in [-0.4, -0.2) is 36.8 Å². The van der Waals surface area contributed by atoms with Gasteiger partial charge in [0, 0.05) is 7.11 Å². The highest BCUT2D eigenvalue weighted by Crippen LogP contribution is 2.20. The minimum absolute atomic E-state index is 0.256. The molecule has 1 aromatic heterocycles. The molecule has 0 saturated carbocycles. The molecule has 0 bridgehead atoms. The number of halogens is 3. The Labute approximate surface area is 107 Å². The van der Waals surface area contributed by atoms with Crippen molar-refractivity contribution in [3.05, 3.63) is 23.5 Å². The van der Waals surface area contributed by atoms with Gasteiger partial charge in [0.15, 0.2) is 6.29 Å². The van der Waals surface area contributed by atoms with Crippen LogP contribution in [0.1, 0.15) is 17.7 Å². The second kappa shape index (κ2) is 6.69. The van der Waals surface area contributed by atoms with Crippen LogP contribution in [0, 0.1) is 6.92 Å². The van der Waals surface area contributed by atoms with Gasteiger partial charge in [-0.3, -0.25) is 4.74 Å². The Morgan fingerprint density at radius 2 is 2.00 bits per heavy atom. The van der Waals surface area contributed by atoms with E-state index in [9.17, 15) is 18.3 Å². The number of hydrogen-bond donors (Lipinski definition) is 1. The van der Waals surface area contributed by atoms with Crippen LogP contribution in [0.25, 0.3) is 0 Å². The summed E-state index contributed by atoms with van der Waals surface area (Å²) >= 11 is 0. The van der Waals surface area contributed by atoms with Crippen molar-refractivity contribution < 1.29 is 32.5 Å². The molecule has 19 heavy (non-hydrogen) atoms. The van der Waals surface area contributed by atoms with E-state index in [0.29, 0.717) is 17.1 Å². The van der Waals surface area contributed by atoms with Gasteiger partial charge in [-0.25, -0.2) is 4.98 Å². The molecule has 108 valence electrons. The van der Waals surface area contributed by atoms with Crippen molar-refractivity contribution in [1.29, 1.82) is 0 Å². The van der Waals surface area contributed by atoms with Gasteiger partial charge >= 0.3 is 6.36 Å². The predicted molar refractivity (Wildman–Crippen MR) is 58.4 cm³/mol. The van der Waals surface area contributed by atoms with E-state index in [1.54, 1.807) is 6.92 Å². The molecule has 0 radical (unpaired) electrons. The van der Waals surface area contributed by atoms with Gasteiger partial charge in [-0.1, -0.05) is 0 Å². The molecule has 0 saturated heterocycles. The number of nitrogens with zero attached hydrogens (tertiary/aromatic N) is 1. The van der Waals surface area contributed by atoms with Gasteiger partial charge in [-0.05, 0) is 19.1 Å². The Kier molecular flexibility index (Phi) is 5.52. The van der Waals surface area contributed by atoms with Crippen molar-refractivity contribution in [3.8, 4) is 5.75 Å². The summed E-state index contributed by atoms with van der Waals surface area (Å²) in [4.78, 5) is 4.01. The average Bonchev–Trinajstić information content (AvgIpc) is 2.33. The van der Waals surface area contributed by atoms with E-state index in [1.165, 1.54) is 19.2 Å². The quantitative estimate of drug-likeness (QED) is 0.638. The Balaban J connectivity index is 2.51. The molecule has 1 N–H and O–H groups in total. The van der Waals surface area contributed by atoms with Crippen molar-refractivity contribution in [2.75, 3.05) is 20.3 Å². The van der Waals surface area contributed by atoms with Crippen LogP contribution in [0.2, 0.25) is 0 Å². The number of methoxy groups -OCH3 is 1. The van der Waals surface area contributed by atoms with E-state index in [1.807, 2.05) is 0 Å². The molecule has 1 aromatic rings. The fraction of sp³-hybridized carbons (Fsp3) is 0.545. The fourth-order valence-electron chi connectivity index (χ4n) is 1.29. The molecule has 1 heterocycles. The van der Waals surface area contributed by atoms with Crippen LogP contribution in [0.5, 0.6) is 5.75 Å². The van der Waals surface area contributed by atoms with Crippen LogP contribution < -0.4 is 4.74 Å². The molecule has 0 aliphatic heterocycles. The topological polar surface area (TPSA) is 60.8 Å². The third kappa shape index (κ3) is 5.41. The van der Waals surface area contributed by atoms with Crippen molar-refractivity contribution >= 4 is 0 Å². The van der Waals surface area contributed by atoms with E-state index in [4.69, 9.17) is 4.74 Å². The Hall–Kier alpha value is -1.38. The predicted octanol–water partition coefficient (Wildman–Crippen LogP) is 1.94. The molecule has 0 spiro atoms. The zero-order valence-electron chi connectivity index (χ0n) is 10.4. The number of aliphatic hydroxyl groups excluding tert-OH is 1. The van der Waals surface area contributed by atoms with Crippen molar-refractivity contribution in [2.45, 2.75) is 19.6 Å². The summed E-state index contributed by atoms with van der Waals surface area (Å²) in [6.45, 7) is 0.741. The highest BCUT2D eigenvalue weighted by molar-refractivity contribution is 5.28. The smallest absolute Gasteiger partial charge is 0.489 e. The van der Waals surface area contributed by atoms with Crippen LogP contribution in [0.3, 0.4) is 0 Å². The molecule has 1 atom stereocenters. The third-order valence-corrected chi connectivity index (χ3v) is 2.14. The average molecular weight is 281 g/mol. The standard InChI is InChI=1S/C11H14F3NO4/c1-7-9(18-5-6-19-11(12,13)14)4-3-8(15-7)10(16)17-2/h3-4,10,16H,5-6H2,1-2H3. The van der Waals surface area contributed by atoms with Gasteiger partial charge in [-0.15, -0.1) is 13.2 Å². The zero-order valence-corrected chi connectivity index (χ0v) is 10.4. The molecule has 0 aliphatic rings. The van der Waals surface area contributed by atoms with Gasteiger partial charge in [0.1, 0.15) is 12.4 Å². The lowest BCUT2D eigenvalue weighted by atomic mass is 10.3. The molecule has 8 heteroatoms. The molecular weight excluding hydrogens is 267 g/mol. The monoisotopic (exact) mass is 281 g/mol. The lowest BCUT2D eigenvalue weighted by Gasteiger charge is -2.13. The van der Waals surface area contributed by atoms with E-state index in [2.05, 4.69) is 14.5 Å². The number of aliphatic hydroxyl groups is 1.